The monoisotopic (exact) mass is 182 g/mol. The van der Waals surface area contributed by atoms with Crippen molar-refractivity contribution in [2.45, 2.75) is 19.8 Å². The van der Waals surface area contributed by atoms with E-state index in [4.69, 9.17) is 9.66 Å². The van der Waals surface area contributed by atoms with E-state index >= 15 is 0 Å². The summed E-state index contributed by atoms with van der Waals surface area (Å²) in [5.41, 5.74) is 0. The number of rotatable bonds is 5. The number of hydrogen-bond acceptors (Lipinski definition) is 3. The van der Waals surface area contributed by atoms with E-state index in [1.165, 1.54) is 0 Å². The van der Waals surface area contributed by atoms with Crippen molar-refractivity contribution < 1.29 is 18.1 Å². The standard InChI is InChI=1S/C6H14O4S/c1-2-6(5-7)3-4-11(8,9)10/h6-7H,2-5H2,1H3,(H,8,9,10). The van der Waals surface area contributed by atoms with Crippen molar-refractivity contribution in [1.82, 2.24) is 0 Å². The summed E-state index contributed by atoms with van der Waals surface area (Å²) in [6, 6.07) is 0. The van der Waals surface area contributed by atoms with Gasteiger partial charge in [-0.05, 0) is 12.3 Å². The molecule has 68 valence electrons. The van der Waals surface area contributed by atoms with Crippen LogP contribution in [0.15, 0.2) is 0 Å². The van der Waals surface area contributed by atoms with Gasteiger partial charge in [0.25, 0.3) is 10.1 Å². The summed E-state index contributed by atoms with van der Waals surface area (Å²) in [5.74, 6) is -0.275. The highest BCUT2D eigenvalue weighted by Gasteiger charge is 2.10. The van der Waals surface area contributed by atoms with Gasteiger partial charge in [0, 0.05) is 6.61 Å². The minimum atomic E-state index is -3.85. The Balaban J connectivity index is 3.69. The van der Waals surface area contributed by atoms with Gasteiger partial charge in [-0.25, -0.2) is 0 Å². The van der Waals surface area contributed by atoms with Crippen LogP contribution in [0, 0.1) is 5.92 Å². The average Bonchev–Trinajstić information content (AvgIpc) is 1.88. The second-order valence-electron chi connectivity index (χ2n) is 2.53. The third-order valence-corrected chi connectivity index (χ3v) is 2.37. The van der Waals surface area contributed by atoms with E-state index in [1.807, 2.05) is 6.92 Å². The van der Waals surface area contributed by atoms with Gasteiger partial charge in [0.05, 0.1) is 5.75 Å². The van der Waals surface area contributed by atoms with Crippen molar-refractivity contribution in [3.05, 3.63) is 0 Å². The molecule has 0 heterocycles. The highest BCUT2D eigenvalue weighted by Crippen LogP contribution is 2.07. The Morgan fingerprint density at radius 1 is 1.45 bits per heavy atom. The molecule has 0 radical (unpaired) electrons. The lowest BCUT2D eigenvalue weighted by atomic mass is 10.1. The van der Waals surface area contributed by atoms with Crippen LogP contribution in [-0.2, 0) is 10.1 Å². The molecular formula is C6H14O4S. The van der Waals surface area contributed by atoms with Gasteiger partial charge in [0.15, 0.2) is 0 Å². The molecule has 2 N–H and O–H groups in total. The van der Waals surface area contributed by atoms with Gasteiger partial charge in [-0.2, -0.15) is 8.42 Å². The van der Waals surface area contributed by atoms with E-state index in [1.54, 1.807) is 0 Å². The molecule has 0 fully saturated rings. The zero-order chi connectivity index (χ0) is 8.91. The predicted molar refractivity (Wildman–Crippen MR) is 41.9 cm³/mol. The van der Waals surface area contributed by atoms with E-state index < -0.39 is 10.1 Å². The summed E-state index contributed by atoms with van der Waals surface area (Å²) < 4.78 is 28.8. The first-order valence-corrected chi connectivity index (χ1v) is 5.16. The van der Waals surface area contributed by atoms with Crippen LogP contribution >= 0.6 is 0 Å². The van der Waals surface area contributed by atoms with Crippen LogP contribution in [0.5, 0.6) is 0 Å². The van der Waals surface area contributed by atoms with Crippen molar-refractivity contribution in [3.8, 4) is 0 Å². The Hall–Kier alpha value is -0.130. The summed E-state index contributed by atoms with van der Waals surface area (Å²) in [5, 5.41) is 8.65. The molecule has 11 heavy (non-hydrogen) atoms. The molecule has 0 saturated heterocycles. The molecule has 0 amide bonds. The first-order valence-electron chi connectivity index (χ1n) is 3.55. The second kappa shape index (κ2) is 4.69. The van der Waals surface area contributed by atoms with Crippen molar-refractivity contribution in [2.75, 3.05) is 12.4 Å². The molecule has 0 spiro atoms. The predicted octanol–water partition coefficient (Wildman–Crippen LogP) is 0.283. The van der Waals surface area contributed by atoms with Gasteiger partial charge in [-0.3, -0.25) is 4.55 Å². The molecule has 1 unspecified atom stereocenters. The van der Waals surface area contributed by atoms with Crippen LogP contribution < -0.4 is 0 Å². The third kappa shape index (κ3) is 6.28. The third-order valence-electron chi connectivity index (χ3n) is 1.62. The first kappa shape index (κ1) is 10.9. The number of aliphatic hydroxyl groups is 1. The van der Waals surface area contributed by atoms with Crippen LogP contribution in [0.25, 0.3) is 0 Å². The molecule has 5 heteroatoms. The molecule has 0 aliphatic carbocycles. The SMILES string of the molecule is CCC(CO)CCS(=O)(=O)O. The maximum absolute atomic E-state index is 10.2. The Kier molecular flexibility index (Phi) is 4.63. The molecule has 0 aliphatic rings. The van der Waals surface area contributed by atoms with Gasteiger partial charge in [-0.15, -0.1) is 0 Å². The van der Waals surface area contributed by atoms with Crippen LogP contribution in [0.3, 0.4) is 0 Å². The fraction of sp³-hybridized carbons (Fsp3) is 1.00. The zero-order valence-corrected chi connectivity index (χ0v) is 7.34. The Bertz CT molecular complexity index is 181. The maximum atomic E-state index is 10.2. The van der Waals surface area contributed by atoms with E-state index in [2.05, 4.69) is 0 Å². The maximum Gasteiger partial charge on any atom is 0.264 e. The van der Waals surface area contributed by atoms with E-state index in [0.717, 1.165) is 6.42 Å². The van der Waals surface area contributed by atoms with Gasteiger partial charge in [0.1, 0.15) is 0 Å². The highest BCUT2D eigenvalue weighted by molar-refractivity contribution is 7.85. The second-order valence-corrected chi connectivity index (χ2v) is 4.10. The molecule has 0 bridgehead atoms. The van der Waals surface area contributed by atoms with Gasteiger partial charge < -0.3 is 5.11 Å². The average molecular weight is 182 g/mol. The van der Waals surface area contributed by atoms with Crippen LogP contribution in [0.1, 0.15) is 19.8 Å². The fourth-order valence-electron chi connectivity index (χ4n) is 0.740. The van der Waals surface area contributed by atoms with E-state index in [9.17, 15) is 8.42 Å². The minimum absolute atomic E-state index is 0.0167. The lowest BCUT2D eigenvalue weighted by molar-refractivity contribution is 0.219. The summed E-state index contributed by atoms with van der Waals surface area (Å²) in [4.78, 5) is 0. The van der Waals surface area contributed by atoms with Crippen LogP contribution in [0.4, 0.5) is 0 Å². The van der Waals surface area contributed by atoms with Crippen LogP contribution in [-0.4, -0.2) is 30.4 Å². The number of aliphatic hydroxyl groups excluding tert-OH is 1. The largest absolute Gasteiger partial charge is 0.396 e. The molecule has 0 aromatic rings. The lowest BCUT2D eigenvalue weighted by Crippen LogP contribution is -2.12. The lowest BCUT2D eigenvalue weighted by Gasteiger charge is -2.08. The Morgan fingerprint density at radius 3 is 2.27 bits per heavy atom. The Labute approximate surface area is 67.0 Å². The van der Waals surface area contributed by atoms with E-state index in [0.29, 0.717) is 6.42 Å². The van der Waals surface area contributed by atoms with Crippen molar-refractivity contribution in [1.29, 1.82) is 0 Å². The molecule has 1 atom stereocenters. The summed E-state index contributed by atoms with van der Waals surface area (Å²) >= 11 is 0. The summed E-state index contributed by atoms with van der Waals surface area (Å²) in [6.45, 7) is 1.84. The van der Waals surface area contributed by atoms with Gasteiger partial charge >= 0.3 is 0 Å². The molecule has 0 aromatic heterocycles. The molecule has 4 nitrogen and oxygen atoms in total. The normalized spacial score (nSPS) is 14.8. The van der Waals surface area contributed by atoms with Gasteiger partial charge in [-0.1, -0.05) is 13.3 Å². The summed E-state index contributed by atoms with van der Waals surface area (Å²) in [7, 11) is -3.85. The topological polar surface area (TPSA) is 74.6 Å². The fourth-order valence-corrected chi connectivity index (χ4v) is 1.37. The molecule has 0 rings (SSSR count). The van der Waals surface area contributed by atoms with Crippen molar-refractivity contribution in [3.63, 3.8) is 0 Å². The number of hydrogen-bond donors (Lipinski definition) is 2. The molecule has 0 aromatic carbocycles. The minimum Gasteiger partial charge on any atom is -0.396 e. The molecular weight excluding hydrogens is 168 g/mol. The zero-order valence-electron chi connectivity index (χ0n) is 6.52. The summed E-state index contributed by atoms with van der Waals surface area (Å²) in [6.07, 6.45) is 1.05. The van der Waals surface area contributed by atoms with Crippen molar-refractivity contribution in [2.24, 2.45) is 5.92 Å². The highest BCUT2D eigenvalue weighted by atomic mass is 32.2. The van der Waals surface area contributed by atoms with Crippen molar-refractivity contribution >= 4 is 10.1 Å². The first-order chi connectivity index (χ1) is 4.99. The molecule has 0 aliphatic heterocycles. The quantitative estimate of drug-likeness (QED) is 0.599. The Morgan fingerprint density at radius 2 is 2.00 bits per heavy atom. The van der Waals surface area contributed by atoms with Crippen LogP contribution in [0.2, 0.25) is 0 Å². The van der Waals surface area contributed by atoms with E-state index in [-0.39, 0.29) is 18.3 Å². The smallest absolute Gasteiger partial charge is 0.264 e. The molecule has 0 saturated carbocycles. The van der Waals surface area contributed by atoms with Gasteiger partial charge in [0.2, 0.25) is 0 Å².